The first-order valence-corrected chi connectivity index (χ1v) is 13.8. The molecule has 190 valence electrons. The van der Waals surface area contributed by atoms with E-state index >= 15 is 0 Å². The van der Waals surface area contributed by atoms with E-state index in [2.05, 4.69) is 0 Å². The Morgan fingerprint density at radius 1 is 1.06 bits per heavy atom. The van der Waals surface area contributed by atoms with Crippen molar-refractivity contribution in [2.75, 3.05) is 6.54 Å². The van der Waals surface area contributed by atoms with Crippen LogP contribution < -0.4 is 4.74 Å². The molecule has 0 spiro atoms. The van der Waals surface area contributed by atoms with Crippen molar-refractivity contribution >= 4 is 20.0 Å². The van der Waals surface area contributed by atoms with E-state index < -0.39 is 25.3 Å². The van der Waals surface area contributed by atoms with Crippen molar-refractivity contribution in [3.63, 3.8) is 0 Å². The number of amides is 3. The molecule has 1 aliphatic heterocycles. The van der Waals surface area contributed by atoms with Crippen molar-refractivity contribution in [3.8, 4) is 5.75 Å². The standard InChI is InChI=1S/C27H37N2O5P/c1-6-18-28(19(4)21-12-10-9-11-13-21)26(31)29-24(30)27(7-2,8-3)25(29)34-23-16-14-22(15-17-23)20(5)35(32)33/h9-17,19-20,25,35H,6-8,18H2,1-5H3,(H,32,33)/t19-,20?,25+/m1/s1. The highest BCUT2D eigenvalue weighted by atomic mass is 31.1. The molecule has 1 heterocycles. The molecular formula is C27H37N2O5P. The normalized spacial score (nSPS) is 19.4. The number of urea groups is 1. The Balaban J connectivity index is 1.89. The molecule has 1 N–H and O–H groups in total. The molecule has 7 nitrogen and oxygen atoms in total. The first kappa shape index (κ1) is 27.0. The van der Waals surface area contributed by atoms with Gasteiger partial charge in [0.25, 0.3) is 0 Å². The average molecular weight is 501 g/mol. The van der Waals surface area contributed by atoms with Crippen LogP contribution in [0.5, 0.6) is 5.75 Å². The molecule has 3 amide bonds. The number of β-lactam (4-membered cyclic amide) rings is 1. The monoisotopic (exact) mass is 500 g/mol. The molecule has 0 aliphatic carbocycles. The van der Waals surface area contributed by atoms with Gasteiger partial charge in [-0.2, -0.15) is 0 Å². The van der Waals surface area contributed by atoms with E-state index in [1.165, 1.54) is 4.90 Å². The predicted octanol–water partition coefficient (Wildman–Crippen LogP) is 6.16. The van der Waals surface area contributed by atoms with Crippen LogP contribution in [0.1, 0.15) is 76.7 Å². The summed E-state index contributed by atoms with van der Waals surface area (Å²) in [7, 11) is -2.69. The van der Waals surface area contributed by atoms with Gasteiger partial charge in [0.2, 0.25) is 5.91 Å². The molecule has 1 fully saturated rings. The van der Waals surface area contributed by atoms with Crippen LogP contribution in [0.25, 0.3) is 0 Å². The van der Waals surface area contributed by atoms with E-state index in [0.717, 1.165) is 17.5 Å². The van der Waals surface area contributed by atoms with Crippen LogP contribution in [0.3, 0.4) is 0 Å². The molecule has 0 aromatic heterocycles. The number of nitrogens with zero attached hydrogens (tertiary/aromatic N) is 2. The topological polar surface area (TPSA) is 87.2 Å². The summed E-state index contributed by atoms with van der Waals surface area (Å²) < 4.78 is 17.8. The predicted molar refractivity (Wildman–Crippen MR) is 138 cm³/mol. The number of imide groups is 1. The lowest BCUT2D eigenvalue weighted by molar-refractivity contribution is -0.192. The number of carbonyl (C=O) groups excluding carboxylic acids is 2. The number of hydrogen-bond acceptors (Lipinski definition) is 4. The maximum absolute atomic E-state index is 13.8. The Kier molecular flexibility index (Phi) is 8.79. The minimum Gasteiger partial charge on any atom is -0.469 e. The van der Waals surface area contributed by atoms with Crippen LogP contribution in [0.2, 0.25) is 0 Å². The second-order valence-electron chi connectivity index (χ2n) is 9.20. The average Bonchev–Trinajstić information content (AvgIpc) is 2.88. The van der Waals surface area contributed by atoms with Gasteiger partial charge in [0, 0.05) is 6.54 Å². The van der Waals surface area contributed by atoms with E-state index in [-0.39, 0.29) is 18.0 Å². The fourth-order valence-electron chi connectivity index (χ4n) is 4.74. The van der Waals surface area contributed by atoms with Gasteiger partial charge < -0.3 is 14.5 Å². The minimum absolute atomic E-state index is 0.197. The van der Waals surface area contributed by atoms with Gasteiger partial charge in [-0.05, 0) is 56.4 Å². The molecular weight excluding hydrogens is 463 g/mol. The number of benzene rings is 2. The van der Waals surface area contributed by atoms with Gasteiger partial charge >= 0.3 is 6.03 Å². The molecule has 4 atom stereocenters. The smallest absolute Gasteiger partial charge is 0.330 e. The Hall–Kier alpha value is -2.63. The van der Waals surface area contributed by atoms with Gasteiger partial charge in [0.05, 0.1) is 11.7 Å². The van der Waals surface area contributed by atoms with E-state index in [1.807, 2.05) is 58.0 Å². The van der Waals surface area contributed by atoms with Crippen molar-refractivity contribution in [2.45, 2.75) is 71.8 Å². The lowest BCUT2D eigenvalue weighted by atomic mass is 9.72. The van der Waals surface area contributed by atoms with Gasteiger partial charge in [-0.3, -0.25) is 9.36 Å². The molecule has 0 radical (unpaired) electrons. The summed E-state index contributed by atoms with van der Waals surface area (Å²) in [6, 6.07) is 16.2. The van der Waals surface area contributed by atoms with E-state index in [4.69, 9.17) is 4.74 Å². The molecule has 0 saturated carbocycles. The zero-order chi connectivity index (χ0) is 25.8. The summed E-state index contributed by atoms with van der Waals surface area (Å²) in [5.41, 5.74) is 0.519. The van der Waals surface area contributed by atoms with Crippen molar-refractivity contribution in [1.29, 1.82) is 0 Å². The van der Waals surface area contributed by atoms with Crippen molar-refractivity contribution < 1.29 is 23.8 Å². The Bertz CT molecular complexity index is 1040. The highest BCUT2D eigenvalue weighted by Gasteiger charge is 2.63. The quantitative estimate of drug-likeness (QED) is 0.312. The van der Waals surface area contributed by atoms with Gasteiger partial charge in [-0.1, -0.05) is 63.2 Å². The van der Waals surface area contributed by atoms with Crippen molar-refractivity contribution in [3.05, 3.63) is 65.7 Å². The zero-order valence-electron chi connectivity index (χ0n) is 21.2. The molecule has 2 unspecified atom stereocenters. The first-order chi connectivity index (χ1) is 16.7. The van der Waals surface area contributed by atoms with Crippen molar-refractivity contribution in [1.82, 2.24) is 9.80 Å². The van der Waals surface area contributed by atoms with Gasteiger partial charge in [-0.25, -0.2) is 9.69 Å². The minimum atomic E-state index is -2.69. The van der Waals surface area contributed by atoms with Crippen molar-refractivity contribution in [2.24, 2.45) is 5.41 Å². The van der Waals surface area contributed by atoms with E-state index in [1.54, 1.807) is 36.1 Å². The lowest BCUT2D eigenvalue weighted by Gasteiger charge is -2.54. The SMILES string of the molecule is CCCN(C(=O)N1C(=O)C(CC)(CC)[C@@H]1Oc1ccc(C(C)[PH](=O)O)cc1)[C@H](C)c1ccccc1. The molecule has 0 bridgehead atoms. The summed E-state index contributed by atoms with van der Waals surface area (Å²) in [6.45, 7) is 10.1. The molecule has 1 aliphatic rings. The summed E-state index contributed by atoms with van der Waals surface area (Å²) in [5.74, 6) is 0.307. The largest absolute Gasteiger partial charge is 0.469 e. The second kappa shape index (κ2) is 11.4. The fraction of sp³-hybridized carbons (Fsp3) is 0.481. The fourth-order valence-corrected chi connectivity index (χ4v) is 5.22. The van der Waals surface area contributed by atoms with Crippen LogP contribution in [0, 0.1) is 5.41 Å². The Labute approximate surface area is 208 Å². The Morgan fingerprint density at radius 2 is 1.66 bits per heavy atom. The van der Waals surface area contributed by atoms with Gasteiger partial charge in [-0.15, -0.1) is 0 Å². The van der Waals surface area contributed by atoms with E-state index in [0.29, 0.717) is 25.1 Å². The highest BCUT2D eigenvalue weighted by Crippen LogP contribution is 2.47. The van der Waals surface area contributed by atoms with Crippen LogP contribution in [0.15, 0.2) is 54.6 Å². The summed E-state index contributed by atoms with van der Waals surface area (Å²) >= 11 is 0. The number of rotatable bonds is 10. The van der Waals surface area contributed by atoms with Gasteiger partial charge in [0.15, 0.2) is 14.3 Å². The first-order valence-electron chi connectivity index (χ1n) is 12.4. The maximum Gasteiger partial charge on any atom is 0.330 e. The number of likely N-dealkylation sites (tertiary alicyclic amines) is 1. The third-order valence-electron chi connectivity index (χ3n) is 7.28. The number of hydrogen-bond donors (Lipinski definition) is 1. The number of carbonyl (C=O) groups is 2. The molecule has 1 saturated heterocycles. The molecule has 8 heteroatoms. The zero-order valence-corrected chi connectivity index (χ0v) is 22.2. The molecule has 2 aromatic carbocycles. The molecule has 3 rings (SSSR count). The Morgan fingerprint density at radius 3 is 2.17 bits per heavy atom. The van der Waals surface area contributed by atoms with Gasteiger partial charge in [0.1, 0.15) is 11.2 Å². The molecule has 2 aromatic rings. The highest BCUT2D eigenvalue weighted by molar-refractivity contribution is 7.38. The van der Waals surface area contributed by atoms with E-state index in [9.17, 15) is 19.0 Å². The van der Waals surface area contributed by atoms with Crippen LogP contribution in [-0.2, 0) is 9.36 Å². The summed E-state index contributed by atoms with van der Waals surface area (Å²) in [6.07, 6.45) is 1.15. The lowest BCUT2D eigenvalue weighted by Crippen LogP contribution is -2.74. The maximum atomic E-state index is 13.8. The summed E-state index contributed by atoms with van der Waals surface area (Å²) in [5, 5.41) is 0. The van der Waals surface area contributed by atoms with Crippen LogP contribution >= 0.6 is 8.03 Å². The summed E-state index contributed by atoms with van der Waals surface area (Å²) in [4.78, 5) is 39.6. The third kappa shape index (κ3) is 5.17. The van der Waals surface area contributed by atoms with Crippen LogP contribution in [0.4, 0.5) is 4.79 Å². The second-order valence-corrected chi connectivity index (χ2v) is 10.7. The molecule has 35 heavy (non-hydrogen) atoms. The number of ether oxygens (including phenoxy) is 1. The van der Waals surface area contributed by atoms with Crippen LogP contribution in [-0.4, -0.2) is 39.4 Å². The third-order valence-corrected chi connectivity index (χ3v) is 8.35.